The van der Waals surface area contributed by atoms with Crippen molar-refractivity contribution in [2.24, 2.45) is 5.41 Å². The Bertz CT molecular complexity index is 433. The normalized spacial score (nSPS) is 20.7. The minimum absolute atomic E-state index is 0.257. The van der Waals surface area contributed by atoms with Gasteiger partial charge in [0.15, 0.2) is 0 Å². The summed E-state index contributed by atoms with van der Waals surface area (Å²) in [4.78, 5) is 2.38. The van der Waals surface area contributed by atoms with Gasteiger partial charge in [0.2, 0.25) is 0 Å². The fourth-order valence-electron chi connectivity index (χ4n) is 3.18. The molecular formula is C18H28FNO. The van der Waals surface area contributed by atoms with Gasteiger partial charge in [-0.15, -0.1) is 0 Å². The standard InChI is InChI=1S/C18H28FNO/c1-18(2)11-8-16(9-12-18)20(3)13-10-17(21)14-4-6-15(19)7-5-14/h4-7,16-17,21H,8-13H2,1-3H3. The highest BCUT2D eigenvalue weighted by Gasteiger charge is 2.28. The van der Waals surface area contributed by atoms with Gasteiger partial charge in [-0.3, -0.25) is 0 Å². The molecule has 0 saturated heterocycles. The van der Waals surface area contributed by atoms with E-state index in [9.17, 15) is 9.50 Å². The molecule has 0 bridgehead atoms. The molecule has 1 aliphatic rings. The van der Waals surface area contributed by atoms with Gasteiger partial charge in [-0.05, 0) is 62.3 Å². The molecule has 0 aliphatic heterocycles. The Morgan fingerprint density at radius 1 is 1.24 bits per heavy atom. The molecule has 0 spiro atoms. The van der Waals surface area contributed by atoms with Crippen LogP contribution >= 0.6 is 0 Å². The summed E-state index contributed by atoms with van der Waals surface area (Å²) in [6.45, 7) is 5.58. The van der Waals surface area contributed by atoms with E-state index < -0.39 is 6.10 Å². The zero-order valence-electron chi connectivity index (χ0n) is 13.5. The summed E-state index contributed by atoms with van der Waals surface area (Å²) in [5, 5.41) is 10.2. The van der Waals surface area contributed by atoms with Gasteiger partial charge < -0.3 is 10.0 Å². The van der Waals surface area contributed by atoms with Gasteiger partial charge >= 0.3 is 0 Å². The summed E-state index contributed by atoms with van der Waals surface area (Å²) in [6.07, 6.45) is 5.24. The lowest BCUT2D eigenvalue weighted by Crippen LogP contribution is -2.38. The Labute approximate surface area is 128 Å². The minimum Gasteiger partial charge on any atom is -0.388 e. The van der Waals surface area contributed by atoms with Crippen LogP contribution in [0.5, 0.6) is 0 Å². The summed E-state index contributed by atoms with van der Waals surface area (Å²) in [5.74, 6) is -0.257. The summed E-state index contributed by atoms with van der Waals surface area (Å²) >= 11 is 0. The largest absolute Gasteiger partial charge is 0.388 e. The van der Waals surface area contributed by atoms with E-state index in [4.69, 9.17) is 0 Å². The molecule has 1 atom stereocenters. The fourth-order valence-corrected chi connectivity index (χ4v) is 3.18. The predicted molar refractivity (Wildman–Crippen MR) is 84.6 cm³/mol. The van der Waals surface area contributed by atoms with Crippen LogP contribution in [0.15, 0.2) is 24.3 Å². The van der Waals surface area contributed by atoms with Crippen molar-refractivity contribution >= 4 is 0 Å². The van der Waals surface area contributed by atoms with Crippen LogP contribution in [0.4, 0.5) is 4.39 Å². The third-order valence-electron chi connectivity index (χ3n) is 4.94. The van der Waals surface area contributed by atoms with Gasteiger partial charge in [0.05, 0.1) is 6.10 Å². The number of aliphatic hydroxyl groups is 1. The number of aliphatic hydroxyl groups excluding tert-OH is 1. The molecule has 0 aromatic heterocycles. The number of benzene rings is 1. The van der Waals surface area contributed by atoms with Crippen molar-refractivity contribution in [3.05, 3.63) is 35.6 Å². The molecule has 1 aliphatic carbocycles. The van der Waals surface area contributed by atoms with Crippen LogP contribution in [0.2, 0.25) is 0 Å². The second-order valence-corrected chi connectivity index (χ2v) is 7.23. The quantitative estimate of drug-likeness (QED) is 0.881. The van der Waals surface area contributed by atoms with Crippen molar-refractivity contribution in [1.29, 1.82) is 0 Å². The van der Waals surface area contributed by atoms with Crippen molar-refractivity contribution in [2.75, 3.05) is 13.6 Å². The number of nitrogens with zero attached hydrogens (tertiary/aromatic N) is 1. The lowest BCUT2D eigenvalue weighted by molar-refractivity contribution is 0.101. The molecule has 1 unspecified atom stereocenters. The molecule has 2 nitrogen and oxygen atoms in total. The topological polar surface area (TPSA) is 23.5 Å². The van der Waals surface area contributed by atoms with E-state index in [2.05, 4.69) is 25.8 Å². The SMILES string of the molecule is CN(CCC(O)c1ccc(F)cc1)C1CCC(C)(C)CC1. The summed E-state index contributed by atoms with van der Waals surface area (Å²) < 4.78 is 12.9. The first-order valence-electron chi connectivity index (χ1n) is 8.01. The molecular weight excluding hydrogens is 265 g/mol. The van der Waals surface area contributed by atoms with Crippen LogP contribution in [-0.4, -0.2) is 29.6 Å². The monoisotopic (exact) mass is 293 g/mol. The van der Waals surface area contributed by atoms with E-state index >= 15 is 0 Å². The molecule has 1 fully saturated rings. The van der Waals surface area contributed by atoms with Gasteiger partial charge in [0.1, 0.15) is 5.82 Å². The lowest BCUT2D eigenvalue weighted by Gasteiger charge is -2.38. The Morgan fingerprint density at radius 2 is 1.81 bits per heavy atom. The number of hydrogen-bond donors (Lipinski definition) is 1. The summed E-state index contributed by atoms with van der Waals surface area (Å²) in [5.41, 5.74) is 1.29. The average molecular weight is 293 g/mol. The minimum atomic E-state index is -0.506. The summed E-state index contributed by atoms with van der Waals surface area (Å²) in [7, 11) is 2.15. The van der Waals surface area contributed by atoms with Crippen LogP contribution in [0.3, 0.4) is 0 Å². The molecule has 118 valence electrons. The Morgan fingerprint density at radius 3 is 2.38 bits per heavy atom. The molecule has 0 heterocycles. The molecule has 0 amide bonds. The maximum absolute atomic E-state index is 12.9. The molecule has 1 N–H and O–H groups in total. The molecule has 3 heteroatoms. The highest BCUT2D eigenvalue weighted by atomic mass is 19.1. The molecule has 1 aromatic rings. The maximum atomic E-state index is 12.9. The van der Waals surface area contributed by atoms with Crippen molar-refractivity contribution in [3.63, 3.8) is 0 Å². The van der Waals surface area contributed by atoms with Crippen molar-refractivity contribution in [3.8, 4) is 0 Å². The van der Waals surface area contributed by atoms with Crippen LogP contribution in [0.1, 0.15) is 57.6 Å². The van der Waals surface area contributed by atoms with E-state index in [1.165, 1.54) is 37.8 Å². The van der Waals surface area contributed by atoms with Crippen molar-refractivity contribution in [2.45, 2.75) is 58.1 Å². The Balaban J connectivity index is 1.78. The molecule has 0 radical (unpaired) electrons. The van der Waals surface area contributed by atoms with E-state index in [1.807, 2.05) is 0 Å². The second-order valence-electron chi connectivity index (χ2n) is 7.23. The van der Waals surface area contributed by atoms with Crippen molar-refractivity contribution in [1.82, 2.24) is 4.90 Å². The van der Waals surface area contributed by atoms with E-state index in [1.54, 1.807) is 12.1 Å². The Hall–Kier alpha value is -0.930. The number of rotatable bonds is 5. The summed E-state index contributed by atoms with van der Waals surface area (Å²) in [6, 6.07) is 6.79. The first kappa shape index (κ1) is 16.4. The molecule has 21 heavy (non-hydrogen) atoms. The van der Waals surface area contributed by atoms with Crippen LogP contribution in [0, 0.1) is 11.2 Å². The molecule has 2 rings (SSSR count). The average Bonchev–Trinajstić information content (AvgIpc) is 2.45. The highest BCUT2D eigenvalue weighted by molar-refractivity contribution is 5.18. The fraction of sp³-hybridized carbons (Fsp3) is 0.667. The number of halogens is 1. The van der Waals surface area contributed by atoms with Gasteiger partial charge in [-0.25, -0.2) is 4.39 Å². The smallest absolute Gasteiger partial charge is 0.123 e. The zero-order chi connectivity index (χ0) is 15.5. The van der Waals surface area contributed by atoms with Crippen LogP contribution in [0.25, 0.3) is 0 Å². The van der Waals surface area contributed by atoms with Gasteiger partial charge in [0.25, 0.3) is 0 Å². The first-order valence-corrected chi connectivity index (χ1v) is 8.01. The van der Waals surface area contributed by atoms with Gasteiger partial charge in [-0.1, -0.05) is 26.0 Å². The predicted octanol–water partition coefficient (Wildman–Crippen LogP) is 4.15. The third kappa shape index (κ3) is 4.79. The number of hydrogen-bond acceptors (Lipinski definition) is 2. The van der Waals surface area contributed by atoms with E-state index in [-0.39, 0.29) is 5.82 Å². The second kappa shape index (κ2) is 6.89. The third-order valence-corrected chi connectivity index (χ3v) is 4.94. The van der Waals surface area contributed by atoms with Gasteiger partial charge in [-0.2, -0.15) is 0 Å². The zero-order valence-corrected chi connectivity index (χ0v) is 13.5. The first-order chi connectivity index (χ1) is 9.87. The van der Waals surface area contributed by atoms with Gasteiger partial charge in [0, 0.05) is 12.6 Å². The van der Waals surface area contributed by atoms with E-state index in [0.717, 1.165) is 12.1 Å². The molecule has 1 saturated carbocycles. The van der Waals surface area contributed by atoms with E-state index in [0.29, 0.717) is 17.9 Å². The van der Waals surface area contributed by atoms with Crippen LogP contribution in [-0.2, 0) is 0 Å². The molecule has 1 aromatic carbocycles. The Kier molecular flexibility index (Phi) is 5.39. The highest BCUT2D eigenvalue weighted by Crippen LogP contribution is 2.36. The van der Waals surface area contributed by atoms with Crippen molar-refractivity contribution < 1.29 is 9.50 Å². The lowest BCUT2D eigenvalue weighted by atomic mass is 9.75. The maximum Gasteiger partial charge on any atom is 0.123 e. The van der Waals surface area contributed by atoms with Crippen LogP contribution < -0.4 is 0 Å².